The summed E-state index contributed by atoms with van der Waals surface area (Å²) in [6, 6.07) is 2.18. The third-order valence-corrected chi connectivity index (χ3v) is 5.60. The fourth-order valence-corrected chi connectivity index (χ4v) is 3.79. The summed E-state index contributed by atoms with van der Waals surface area (Å²) in [5.41, 5.74) is 1.02. The Labute approximate surface area is 164 Å². The number of aryl methyl sites for hydroxylation is 2. The first kappa shape index (κ1) is 21.7. The zero-order valence-corrected chi connectivity index (χ0v) is 17.8. The van der Waals surface area contributed by atoms with Crippen LogP contribution in [0.2, 0.25) is 0 Å². The van der Waals surface area contributed by atoms with Gasteiger partial charge in [-0.25, -0.2) is 0 Å². The van der Waals surface area contributed by atoms with E-state index in [2.05, 4.69) is 18.7 Å². The molecule has 1 aliphatic rings. The number of carbonyl (C=O) groups is 1. The van der Waals surface area contributed by atoms with E-state index in [1.165, 1.54) is 19.3 Å². The summed E-state index contributed by atoms with van der Waals surface area (Å²) in [6.45, 7) is 8.34. The molecule has 0 aromatic carbocycles. The standard InChI is InChI=1S/C22H37N3O2/c1-17(2)11-13-24-14-12-18(3)20(21(24)26)22(27)25(16-15-23(4)5)19-9-7-6-8-10-19/h12,14,17,19H,6-11,13,15-16H2,1-5H3. The molecule has 0 saturated heterocycles. The van der Waals surface area contributed by atoms with E-state index in [9.17, 15) is 9.59 Å². The number of pyridine rings is 1. The van der Waals surface area contributed by atoms with E-state index in [0.29, 0.717) is 24.6 Å². The van der Waals surface area contributed by atoms with Gasteiger partial charge in [0.25, 0.3) is 11.5 Å². The van der Waals surface area contributed by atoms with E-state index in [1.54, 1.807) is 4.57 Å². The van der Waals surface area contributed by atoms with Crippen molar-refractivity contribution in [2.75, 3.05) is 27.2 Å². The Balaban J connectivity index is 2.32. The quantitative estimate of drug-likeness (QED) is 0.698. The molecule has 1 heterocycles. The van der Waals surface area contributed by atoms with Crippen molar-refractivity contribution in [2.24, 2.45) is 5.92 Å². The molecular weight excluding hydrogens is 338 g/mol. The van der Waals surface area contributed by atoms with E-state index >= 15 is 0 Å². The van der Waals surface area contributed by atoms with Crippen molar-refractivity contribution in [3.63, 3.8) is 0 Å². The van der Waals surface area contributed by atoms with E-state index < -0.39 is 0 Å². The summed E-state index contributed by atoms with van der Waals surface area (Å²) in [6.07, 6.45) is 8.45. The molecule has 5 nitrogen and oxygen atoms in total. The minimum absolute atomic E-state index is 0.0786. The lowest BCUT2D eigenvalue weighted by Crippen LogP contribution is -2.47. The monoisotopic (exact) mass is 375 g/mol. The molecule has 152 valence electrons. The maximum atomic E-state index is 13.5. The van der Waals surface area contributed by atoms with Crippen LogP contribution < -0.4 is 5.56 Å². The summed E-state index contributed by atoms with van der Waals surface area (Å²) in [7, 11) is 4.05. The van der Waals surface area contributed by atoms with Gasteiger partial charge in [0.15, 0.2) is 0 Å². The van der Waals surface area contributed by atoms with Gasteiger partial charge >= 0.3 is 0 Å². The number of rotatable bonds is 8. The minimum Gasteiger partial charge on any atom is -0.334 e. The van der Waals surface area contributed by atoms with E-state index in [-0.39, 0.29) is 17.5 Å². The molecule has 1 aromatic heterocycles. The smallest absolute Gasteiger partial charge is 0.263 e. The third kappa shape index (κ3) is 5.93. The van der Waals surface area contributed by atoms with Crippen LogP contribution >= 0.6 is 0 Å². The summed E-state index contributed by atoms with van der Waals surface area (Å²) < 4.78 is 1.71. The van der Waals surface area contributed by atoms with Gasteiger partial charge in [0.1, 0.15) is 5.56 Å². The molecule has 0 radical (unpaired) electrons. The molecular formula is C22H37N3O2. The average Bonchev–Trinajstić information content (AvgIpc) is 2.62. The van der Waals surface area contributed by atoms with Crippen molar-refractivity contribution < 1.29 is 4.79 Å². The highest BCUT2D eigenvalue weighted by atomic mass is 16.2. The van der Waals surface area contributed by atoms with Gasteiger partial charge in [-0.1, -0.05) is 33.1 Å². The Hall–Kier alpha value is -1.62. The van der Waals surface area contributed by atoms with Crippen molar-refractivity contribution >= 4 is 5.91 Å². The first-order chi connectivity index (χ1) is 12.8. The Morgan fingerprint density at radius 1 is 1.19 bits per heavy atom. The Morgan fingerprint density at radius 2 is 1.85 bits per heavy atom. The second kappa shape index (κ2) is 10.1. The number of amides is 1. The number of likely N-dealkylation sites (N-methyl/N-ethyl adjacent to an activating group) is 1. The van der Waals surface area contributed by atoms with Crippen molar-refractivity contribution in [1.29, 1.82) is 0 Å². The molecule has 1 aromatic rings. The lowest BCUT2D eigenvalue weighted by molar-refractivity contribution is 0.0615. The Bertz CT molecular complexity index is 673. The van der Waals surface area contributed by atoms with Gasteiger partial charge in [0.2, 0.25) is 0 Å². The third-order valence-electron chi connectivity index (χ3n) is 5.60. The van der Waals surface area contributed by atoms with Gasteiger partial charge in [-0.3, -0.25) is 9.59 Å². The molecule has 1 fully saturated rings. The first-order valence-corrected chi connectivity index (χ1v) is 10.5. The normalized spacial score (nSPS) is 15.5. The van der Waals surface area contributed by atoms with Crippen molar-refractivity contribution in [2.45, 2.75) is 71.9 Å². The number of aromatic nitrogens is 1. The zero-order chi connectivity index (χ0) is 20.0. The maximum absolute atomic E-state index is 13.5. The van der Waals surface area contributed by atoms with Crippen LogP contribution in [0.4, 0.5) is 0 Å². The number of carbonyl (C=O) groups excluding carboxylic acids is 1. The highest BCUT2D eigenvalue weighted by Gasteiger charge is 2.29. The first-order valence-electron chi connectivity index (χ1n) is 10.5. The fraction of sp³-hybridized carbons (Fsp3) is 0.727. The molecule has 0 bridgehead atoms. The van der Waals surface area contributed by atoms with Crippen LogP contribution in [0.25, 0.3) is 0 Å². The number of hydrogen-bond donors (Lipinski definition) is 0. The largest absolute Gasteiger partial charge is 0.334 e. The van der Waals surface area contributed by atoms with Gasteiger partial charge in [-0.15, -0.1) is 0 Å². The van der Waals surface area contributed by atoms with Crippen LogP contribution in [0.3, 0.4) is 0 Å². The molecule has 2 rings (SSSR count). The SMILES string of the molecule is Cc1ccn(CCC(C)C)c(=O)c1C(=O)N(CCN(C)C)C1CCCCC1. The van der Waals surface area contributed by atoms with Crippen LogP contribution in [0, 0.1) is 12.8 Å². The molecule has 1 amide bonds. The predicted molar refractivity (Wildman–Crippen MR) is 111 cm³/mol. The van der Waals surface area contributed by atoms with Gasteiger partial charge in [0.05, 0.1) is 0 Å². The number of nitrogens with zero attached hydrogens (tertiary/aromatic N) is 3. The highest BCUT2D eigenvalue weighted by molar-refractivity contribution is 5.95. The minimum atomic E-state index is -0.133. The summed E-state index contributed by atoms with van der Waals surface area (Å²) in [5.74, 6) is 0.446. The van der Waals surface area contributed by atoms with Crippen LogP contribution in [0.5, 0.6) is 0 Å². The Morgan fingerprint density at radius 3 is 2.44 bits per heavy atom. The molecule has 0 unspecified atom stereocenters. The van der Waals surface area contributed by atoms with E-state index in [1.807, 2.05) is 38.2 Å². The molecule has 0 spiro atoms. The molecule has 0 atom stereocenters. The molecule has 0 aliphatic heterocycles. The fourth-order valence-electron chi connectivity index (χ4n) is 3.79. The lowest BCUT2D eigenvalue weighted by Gasteiger charge is -2.35. The lowest BCUT2D eigenvalue weighted by atomic mass is 9.93. The van der Waals surface area contributed by atoms with Crippen molar-refractivity contribution in [3.8, 4) is 0 Å². The van der Waals surface area contributed by atoms with Crippen LogP contribution in [-0.2, 0) is 6.54 Å². The topological polar surface area (TPSA) is 45.6 Å². The molecule has 5 heteroatoms. The second-order valence-electron chi connectivity index (χ2n) is 8.65. The van der Waals surface area contributed by atoms with E-state index in [4.69, 9.17) is 0 Å². The van der Waals surface area contributed by atoms with Crippen molar-refractivity contribution in [1.82, 2.24) is 14.4 Å². The zero-order valence-electron chi connectivity index (χ0n) is 17.8. The van der Waals surface area contributed by atoms with Gasteiger partial charge < -0.3 is 14.4 Å². The van der Waals surface area contributed by atoms with Crippen LogP contribution in [-0.4, -0.2) is 53.5 Å². The van der Waals surface area contributed by atoms with Gasteiger partial charge in [-0.05, 0) is 57.8 Å². The van der Waals surface area contributed by atoms with E-state index in [0.717, 1.165) is 31.4 Å². The highest BCUT2D eigenvalue weighted by Crippen LogP contribution is 2.24. The second-order valence-corrected chi connectivity index (χ2v) is 8.65. The predicted octanol–water partition coefficient (Wildman–Crippen LogP) is 3.54. The van der Waals surface area contributed by atoms with Gasteiger partial charge in [0, 0.05) is 31.9 Å². The van der Waals surface area contributed by atoms with Crippen LogP contribution in [0.1, 0.15) is 68.3 Å². The van der Waals surface area contributed by atoms with Gasteiger partial charge in [-0.2, -0.15) is 0 Å². The molecule has 27 heavy (non-hydrogen) atoms. The summed E-state index contributed by atoms with van der Waals surface area (Å²) in [5, 5.41) is 0. The molecule has 1 saturated carbocycles. The summed E-state index contributed by atoms with van der Waals surface area (Å²) >= 11 is 0. The van der Waals surface area contributed by atoms with Crippen LogP contribution in [0.15, 0.2) is 17.1 Å². The summed E-state index contributed by atoms with van der Waals surface area (Å²) in [4.78, 5) is 30.6. The number of hydrogen-bond acceptors (Lipinski definition) is 3. The molecule has 0 N–H and O–H groups in total. The average molecular weight is 376 g/mol. The Kier molecular flexibility index (Phi) is 8.08. The maximum Gasteiger partial charge on any atom is 0.263 e. The van der Waals surface area contributed by atoms with Crippen molar-refractivity contribution in [3.05, 3.63) is 33.7 Å². The molecule has 1 aliphatic carbocycles.